The molecule has 0 atom stereocenters. The van der Waals surface area contributed by atoms with Crippen molar-refractivity contribution in [2.24, 2.45) is 0 Å². The van der Waals surface area contributed by atoms with E-state index in [1.807, 2.05) is 0 Å². The Bertz CT molecular complexity index is 1140. The first-order valence-electron chi connectivity index (χ1n) is 7.94. The lowest BCUT2D eigenvalue weighted by atomic mass is 10.1. The number of hydrogen-bond acceptors (Lipinski definition) is 4. The first-order chi connectivity index (χ1) is 13.2. The lowest BCUT2D eigenvalue weighted by Gasteiger charge is -2.08. The van der Waals surface area contributed by atoms with Crippen molar-refractivity contribution in [2.45, 2.75) is 13.3 Å². The second-order valence-corrected chi connectivity index (χ2v) is 6.41. The number of rotatable bonds is 3. The summed E-state index contributed by atoms with van der Waals surface area (Å²) in [5.74, 6) is -6.20. The van der Waals surface area contributed by atoms with E-state index in [1.54, 1.807) is 0 Å². The minimum atomic E-state index is -1.31. The number of carbonyl (C=O) groups is 2. The third-order valence-corrected chi connectivity index (χ3v) is 4.71. The number of phenols is 1. The molecule has 1 aromatic heterocycles. The summed E-state index contributed by atoms with van der Waals surface area (Å²) in [6, 6.07) is 4.09. The monoisotopic (exact) mass is 411 g/mol. The van der Waals surface area contributed by atoms with Gasteiger partial charge >= 0.3 is 5.97 Å². The summed E-state index contributed by atoms with van der Waals surface area (Å²) in [4.78, 5) is 24.7. The molecule has 28 heavy (non-hydrogen) atoms. The number of esters is 1. The van der Waals surface area contributed by atoms with Crippen LogP contribution in [0.5, 0.6) is 5.75 Å². The van der Waals surface area contributed by atoms with Gasteiger partial charge in [-0.25, -0.2) is 13.2 Å². The Hall–Kier alpha value is -3.00. The summed E-state index contributed by atoms with van der Waals surface area (Å²) in [5.41, 5.74) is -0.188. The molecule has 146 valence electrons. The fourth-order valence-corrected chi connectivity index (χ4v) is 3.13. The van der Waals surface area contributed by atoms with E-state index in [2.05, 4.69) is 4.74 Å². The van der Waals surface area contributed by atoms with E-state index in [-0.39, 0.29) is 32.7 Å². The van der Waals surface area contributed by atoms with Gasteiger partial charge in [-0.05, 0) is 30.7 Å². The first-order valence-corrected chi connectivity index (χ1v) is 8.32. The number of aromatic nitrogens is 1. The van der Waals surface area contributed by atoms with Gasteiger partial charge in [0.2, 0.25) is 0 Å². The summed E-state index contributed by atoms with van der Waals surface area (Å²) in [5, 5.41) is 9.12. The highest BCUT2D eigenvalue weighted by atomic mass is 35.5. The second-order valence-electron chi connectivity index (χ2n) is 6.00. The average molecular weight is 412 g/mol. The van der Waals surface area contributed by atoms with Gasteiger partial charge in [0.15, 0.2) is 17.4 Å². The average Bonchev–Trinajstić information content (AvgIpc) is 2.92. The van der Waals surface area contributed by atoms with Crippen LogP contribution < -0.4 is 0 Å². The highest BCUT2D eigenvalue weighted by Crippen LogP contribution is 2.35. The standard InChI is InChI=1S/C19H13ClF3NO4/c1-8-10(6-15(25)28-2)16-14(7-13(22)18(26)17(16)23)24(8)19(27)9-3-4-11(20)12(21)5-9/h3-5,7,26H,6H2,1-2H3. The number of methoxy groups -OCH3 is 1. The van der Waals surface area contributed by atoms with Crippen LogP contribution in [0.1, 0.15) is 21.6 Å². The van der Waals surface area contributed by atoms with E-state index in [4.69, 9.17) is 11.6 Å². The maximum absolute atomic E-state index is 14.6. The molecule has 0 fully saturated rings. The molecule has 3 aromatic rings. The topological polar surface area (TPSA) is 68.5 Å². The van der Waals surface area contributed by atoms with Crippen molar-refractivity contribution in [2.75, 3.05) is 7.11 Å². The van der Waals surface area contributed by atoms with E-state index in [1.165, 1.54) is 19.1 Å². The molecule has 2 aromatic carbocycles. The predicted molar refractivity (Wildman–Crippen MR) is 95.1 cm³/mol. The van der Waals surface area contributed by atoms with Crippen LogP contribution in [0.3, 0.4) is 0 Å². The SMILES string of the molecule is COC(=O)Cc1c(C)n(C(=O)c2ccc(Cl)c(F)c2)c2cc(F)c(O)c(F)c12. The summed E-state index contributed by atoms with van der Waals surface area (Å²) in [7, 11) is 1.13. The van der Waals surface area contributed by atoms with Crippen LogP contribution in [0.25, 0.3) is 10.9 Å². The van der Waals surface area contributed by atoms with Crippen molar-refractivity contribution in [1.82, 2.24) is 4.57 Å². The molecule has 0 spiro atoms. The molecule has 0 aliphatic carbocycles. The van der Waals surface area contributed by atoms with Crippen molar-refractivity contribution in [3.63, 3.8) is 0 Å². The Labute approximate surface area is 161 Å². The van der Waals surface area contributed by atoms with E-state index in [9.17, 15) is 27.9 Å². The third kappa shape index (κ3) is 3.09. The minimum Gasteiger partial charge on any atom is -0.503 e. The lowest BCUT2D eigenvalue weighted by molar-refractivity contribution is -0.139. The summed E-state index contributed by atoms with van der Waals surface area (Å²) in [6.07, 6.45) is -0.421. The molecule has 9 heteroatoms. The van der Waals surface area contributed by atoms with Gasteiger partial charge in [0.25, 0.3) is 5.91 Å². The summed E-state index contributed by atoms with van der Waals surface area (Å²) < 4.78 is 47.9. The number of phenolic OH excluding ortho intramolecular Hbond substituents is 1. The summed E-state index contributed by atoms with van der Waals surface area (Å²) in [6.45, 7) is 1.41. The molecule has 3 rings (SSSR count). The smallest absolute Gasteiger partial charge is 0.310 e. The molecule has 5 nitrogen and oxygen atoms in total. The van der Waals surface area contributed by atoms with Crippen LogP contribution >= 0.6 is 11.6 Å². The Morgan fingerprint density at radius 2 is 1.86 bits per heavy atom. The molecule has 0 aliphatic heterocycles. The molecule has 0 saturated carbocycles. The maximum atomic E-state index is 14.6. The number of halogens is 4. The molecule has 0 aliphatic rings. The van der Waals surface area contributed by atoms with Crippen LogP contribution in [0, 0.1) is 24.4 Å². The zero-order valence-electron chi connectivity index (χ0n) is 14.6. The highest BCUT2D eigenvalue weighted by molar-refractivity contribution is 6.30. The van der Waals surface area contributed by atoms with Crippen molar-refractivity contribution >= 4 is 34.4 Å². The number of ether oxygens (including phenoxy) is 1. The van der Waals surface area contributed by atoms with E-state index < -0.39 is 41.5 Å². The lowest BCUT2D eigenvalue weighted by Crippen LogP contribution is -2.14. The Balaban J connectivity index is 2.33. The van der Waals surface area contributed by atoms with Gasteiger partial charge in [-0.15, -0.1) is 0 Å². The van der Waals surface area contributed by atoms with Crippen molar-refractivity contribution in [1.29, 1.82) is 0 Å². The molecular weight excluding hydrogens is 399 g/mol. The molecule has 0 unspecified atom stereocenters. The Kier molecular flexibility index (Phi) is 5.08. The minimum absolute atomic E-state index is 0.0393. The third-order valence-electron chi connectivity index (χ3n) is 4.41. The van der Waals surface area contributed by atoms with Gasteiger partial charge in [0.05, 0.1) is 24.1 Å². The molecule has 1 N–H and O–H groups in total. The fraction of sp³-hybridized carbons (Fsp3) is 0.158. The quantitative estimate of drug-likeness (QED) is 0.658. The maximum Gasteiger partial charge on any atom is 0.310 e. The molecule has 0 saturated heterocycles. The molecule has 1 heterocycles. The Morgan fingerprint density at radius 1 is 1.18 bits per heavy atom. The van der Waals surface area contributed by atoms with Crippen LogP contribution in [-0.2, 0) is 16.0 Å². The predicted octanol–water partition coefficient (Wildman–Crippen LogP) is 4.13. The number of aromatic hydroxyl groups is 1. The number of carbonyl (C=O) groups excluding carboxylic acids is 2. The second kappa shape index (κ2) is 7.20. The zero-order valence-corrected chi connectivity index (χ0v) is 15.4. The fourth-order valence-electron chi connectivity index (χ4n) is 3.01. The van der Waals surface area contributed by atoms with Gasteiger partial charge in [-0.2, -0.15) is 0 Å². The normalized spacial score (nSPS) is 11.1. The van der Waals surface area contributed by atoms with Crippen molar-refractivity contribution in [3.05, 3.63) is 63.6 Å². The number of fused-ring (bicyclic) bond motifs is 1. The van der Waals surface area contributed by atoms with Crippen LogP contribution in [0.4, 0.5) is 13.2 Å². The van der Waals surface area contributed by atoms with Crippen LogP contribution in [0.15, 0.2) is 24.3 Å². The van der Waals surface area contributed by atoms with Gasteiger partial charge in [-0.1, -0.05) is 11.6 Å². The molecular formula is C19H13ClF3NO4. The van der Waals surface area contributed by atoms with Crippen molar-refractivity contribution < 1.29 is 32.6 Å². The largest absolute Gasteiger partial charge is 0.503 e. The molecule has 0 bridgehead atoms. The van der Waals surface area contributed by atoms with Gasteiger partial charge in [0, 0.05) is 22.7 Å². The van der Waals surface area contributed by atoms with E-state index >= 15 is 0 Å². The molecule has 0 radical (unpaired) electrons. The zero-order chi connectivity index (χ0) is 20.7. The highest BCUT2D eigenvalue weighted by Gasteiger charge is 2.27. The van der Waals surface area contributed by atoms with Gasteiger partial charge in [-0.3, -0.25) is 14.2 Å². The van der Waals surface area contributed by atoms with Gasteiger partial charge < -0.3 is 9.84 Å². The van der Waals surface area contributed by atoms with Crippen LogP contribution in [0.2, 0.25) is 5.02 Å². The Morgan fingerprint density at radius 3 is 2.46 bits per heavy atom. The number of nitrogens with zero attached hydrogens (tertiary/aromatic N) is 1. The number of hydrogen-bond donors (Lipinski definition) is 1. The van der Waals surface area contributed by atoms with Gasteiger partial charge in [0.1, 0.15) is 5.82 Å². The summed E-state index contributed by atoms with van der Waals surface area (Å²) >= 11 is 5.62. The van der Waals surface area contributed by atoms with E-state index in [0.29, 0.717) is 0 Å². The molecule has 0 amide bonds. The van der Waals surface area contributed by atoms with Crippen molar-refractivity contribution in [3.8, 4) is 5.75 Å². The number of benzene rings is 2. The van der Waals surface area contributed by atoms with E-state index in [0.717, 1.165) is 23.8 Å². The van der Waals surface area contributed by atoms with Crippen LogP contribution in [-0.4, -0.2) is 28.7 Å². The first kappa shape index (κ1) is 19.8.